The topological polar surface area (TPSA) is 41.3 Å². The maximum Gasteiger partial charge on any atom is 0.122 e. The summed E-state index contributed by atoms with van der Waals surface area (Å²) in [5.41, 5.74) is 0. The Balaban J connectivity index is 1.96. The second kappa shape index (κ2) is 4.97. The van der Waals surface area contributed by atoms with Crippen LogP contribution in [0.1, 0.15) is 31.5 Å². The van der Waals surface area contributed by atoms with Crippen molar-refractivity contribution in [3.05, 3.63) is 18.2 Å². The first-order valence-electron chi connectivity index (χ1n) is 6.03. The minimum absolute atomic E-state index is 0.168. The van der Waals surface area contributed by atoms with Crippen LogP contribution in [-0.4, -0.2) is 38.8 Å². The molecule has 90 valence electrons. The van der Waals surface area contributed by atoms with Gasteiger partial charge >= 0.3 is 0 Å². The second-order valence-corrected chi connectivity index (χ2v) is 4.79. The van der Waals surface area contributed by atoms with Crippen LogP contribution in [-0.2, 0) is 13.6 Å². The van der Waals surface area contributed by atoms with E-state index in [0.717, 1.165) is 31.6 Å². The summed E-state index contributed by atoms with van der Waals surface area (Å²) < 4.78 is 2.03. The summed E-state index contributed by atoms with van der Waals surface area (Å²) in [5.74, 6) is 1.06. The Bertz CT molecular complexity index is 337. The second-order valence-electron chi connectivity index (χ2n) is 4.79. The highest BCUT2D eigenvalue weighted by atomic mass is 16.3. The van der Waals surface area contributed by atoms with Gasteiger partial charge in [-0.1, -0.05) is 12.8 Å². The van der Waals surface area contributed by atoms with E-state index >= 15 is 0 Å². The molecule has 0 radical (unpaired) electrons. The summed E-state index contributed by atoms with van der Waals surface area (Å²) in [5, 5.41) is 9.97. The molecule has 1 aromatic heterocycles. The van der Waals surface area contributed by atoms with Gasteiger partial charge in [0.15, 0.2) is 0 Å². The van der Waals surface area contributed by atoms with Gasteiger partial charge in [-0.25, -0.2) is 4.98 Å². The highest BCUT2D eigenvalue weighted by molar-refractivity contribution is 4.92. The molecule has 2 rings (SSSR count). The molecule has 1 saturated carbocycles. The summed E-state index contributed by atoms with van der Waals surface area (Å²) in [7, 11) is 4.08. The minimum Gasteiger partial charge on any atom is -0.391 e. The molecule has 0 aliphatic heterocycles. The number of aromatic nitrogens is 2. The van der Waals surface area contributed by atoms with Crippen LogP contribution in [0.2, 0.25) is 0 Å². The number of imidazole rings is 1. The first-order valence-corrected chi connectivity index (χ1v) is 6.03. The molecule has 1 N–H and O–H groups in total. The fourth-order valence-corrected chi connectivity index (χ4v) is 2.50. The molecule has 1 heterocycles. The molecule has 0 aromatic carbocycles. The van der Waals surface area contributed by atoms with Crippen molar-refractivity contribution in [2.24, 2.45) is 7.05 Å². The molecule has 1 fully saturated rings. The third kappa shape index (κ3) is 2.44. The van der Waals surface area contributed by atoms with Crippen LogP contribution in [0.4, 0.5) is 0 Å². The van der Waals surface area contributed by atoms with Gasteiger partial charge in [0, 0.05) is 25.5 Å². The molecular formula is C12H21N3O. The molecule has 1 aromatic rings. The summed E-state index contributed by atoms with van der Waals surface area (Å²) in [6.07, 6.45) is 8.04. The van der Waals surface area contributed by atoms with E-state index < -0.39 is 0 Å². The summed E-state index contributed by atoms with van der Waals surface area (Å²) in [6.45, 7) is 0.811. The van der Waals surface area contributed by atoms with E-state index in [-0.39, 0.29) is 6.10 Å². The van der Waals surface area contributed by atoms with Crippen molar-refractivity contribution in [3.63, 3.8) is 0 Å². The lowest BCUT2D eigenvalue weighted by Crippen LogP contribution is -2.43. The van der Waals surface area contributed by atoms with Gasteiger partial charge in [0.2, 0.25) is 0 Å². The molecule has 0 amide bonds. The van der Waals surface area contributed by atoms with Gasteiger partial charge in [0.05, 0.1) is 12.6 Å². The van der Waals surface area contributed by atoms with E-state index in [4.69, 9.17) is 0 Å². The van der Waals surface area contributed by atoms with Crippen LogP contribution in [0.15, 0.2) is 12.4 Å². The smallest absolute Gasteiger partial charge is 0.122 e. The summed E-state index contributed by atoms with van der Waals surface area (Å²) >= 11 is 0. The molecule has 2 atom stereocenters. The van der Waals surface area contributed by atoms with Crippen molar-refractivity contribution in [3.8, 4) is 0 Å². The van der Waals surface area contributed by atoms with E-state index in [0.29, 0.717) is 6.04 Å². The van der Waals surface area contributed by atoms with Crippen LogP contribution in [0, 0.1) is 0 Å². The number of nitrogens with zero attached hydrogens (tertiary/aromatic N) is 3. The molecule has 1 aliphatic carbocycles. The monoisotopic (exact) mass is 223 g/mol. The summed E-state index contributed by atoms with van der Waals surface area (Å²) in [6, 6.07) is 0.297. The van der Waals surface area contributed by atoms with Gasteiger partial charge in [-0.15, -0.1) is 0 Å². The Morgan fingerprint density at radius 2 is 2.25 bits per heavy atom. The van der Waals surface area contributed by atoms with Gasteiger partial charge in [-0.05, 0) is 19.9 Å². The Morgan fingerprint density at radius 1 is 1.50 bits per heavy atom. The number of rotatable bonds is 3. The number of hydrogen-bond acceptors (Lipinski definition) is 3. The SMILES string of the molecule is CN(Cc1nccn1C)[C@@H]1CCCC[C@H]1O. The maximum atomic E-state index is 9.97. The highest BCUT2D eigenvalue weighted by Gasteiger charge is 2.26. The van der Waals surface area contributed by atoms with Crippen molar-refractivity contribution in [1.29, 1.82) is 0 Å². The van der Waals surface area contributed by atoms with E-state index in [1.807, 2.05) is 24.0 Å². The highest BCUT2D eigenvalue weighted by Crippen LogP contribution is 2.23. The van der Waals surface area contributed by atoms with Crippen LogP contribution in [0.5, 0.6) is 0 Å². The molecule has 0 bridgehead atoms. The van der Waals surface area contributed by atoms with Gasteiger partial charge in [0.25, 0.3) is 0 Å². The molecule has 0 unspecified atom stereocenters. The molecule has 4 heteroatoms. The fourth-order valence-electron chi connectivity index (χ4n) is 2.50. The lowest BCUT2D eigenvalue weighted by molar-refractivity contribution is 0.0275. The molecule has 16 heavy (non-hydrogen) atoms. The van der Waals surface area contributed by atoms with Crippen molar-refractivity contribution in [2.45, 2.75) is 44.4 Å². The molecule has 4 nitrogen and oxygen atoms in total. The number of aliphatic hydroxyl groups is 1. The van der Waals surface area contributed by atoms with Crippen molar-refractivity contribution < 1.29 is 5.11 Å². The Kier molecular flexibility index (Phi) is 3.61. The van der Waals surface area contributed by atoms with E-state index in [9.17, 15) is 5.11 Å². The first kappa shape index (κ1) is 11.6. The maximum absolute atomic E-state index is 9.97. The normalized spacial score (nSPS) is 26.2. The fraction of sp³-hybridized carbons (Fsp3) is 0.750. The number of aliphatic hydroxyl groups excluding tert-OH is 1. The lowest BCUT2D eigenvalue weighted by atomic mass is 9.91. The van der Waals surface area contributed by atoms with Crippen LogP contribution >= 0.6 is 0 Å². The van der Waals surface area contributed by atoms with Crippen LogP contribution in [0.25, 0.3) is 0 Å². The third-order valence-corrected chi connectivity index (χ3v) is 3.57. The van der Waals surface area contributed by atoms with Crippen molar-refractivity contribution in [2.75, 3.05) is 7.05 Å². The van der Waals surface area contributed by atoms with Crippen LogP contribution in [0.3, 0.4) is 0 Å². The van der Waals surface area contributed by atoms with E-state index in [1.165, 1.54) is 6.42 Å². The molecule has 0 saturated heterocycles. The Morgan fingerprint density at radius 3 is 2.88 bits per heavy atom. The standard InChI is InChI=1S/C12H21N3O/c1-14-8-7-13-12(14)9-15(2)10-5-3-4-6-11(10)16/h7-8,10-11,16H,3-6,9H2,1-2H3/t10-,11-/m1/s1. The molecule has 0 spiro atoms. The molecule has 1 aliphatic rings. The summed E-state index contributed by atoms with van der Waals surface area (Å²) in [4.78, 5) is 6.54. The Labute approximate surface area is 96.9 Å². The lowest BCUT2D eigenvalue weighted by Gasteiger charge is -2.34. The third-order valence-electron chi connectivity index (χ3n) is 3.57. The van der Waals surface area contributed by atoms with Crippen molar-refractivity contribution >= 4 is 0 Å². The number of aryl methyl sites for hydroxylation is 1. The zero-order valence-electron chi connectivity index (χ0n) is 10.1. The minimum atomic E-state index is -0.168. The number of likely N-dealkylation sites (N-methyl/N-ethyl adjacent to an activating group) is 1. The number of hydrogen-bond donors (Lipinski definition) is 1. The van der Waals surface area contributed by atoms with Gasteiger partial charge in [0.1, 0.15) is 5.82 Å². The quantitative estimate of drug-likeness (QED) is 0.836. The van der Waals surface area contributed by atoms with E-state index in [2.05, 4.69) is 16.9 Å². The Hall–Kier alpha value is -0.870. The average molecular weight is 223 g/mol. The van der Waals surface area contributed by atoms with Gasteiger partial charge in [-0.3, -0.25) is 4.90 Å². The predicted octanol–water partition coefficient (Wildman–Crippen LogP) is 1.16. The largest absolute Gasteiger partial charge is 0.391 e. The zero-order valence-corrected chi connectivity index (χ0v) is 10.1. The van der Waals surface area contributed by atoms with Crippen molar-refractivity contribution in [1.82, 2.24) is 14.5 Å². The zero-order chi connectivity index (χ0) is 11.5. The average Bonchev–Trinajstić information content (AvgIpc) is 2.65. The predicted molar refractivity (Wildman–Crippen MR) is 62.9 cm³/mol. The first-order chi connectivity index (χ1) is 7.68. The van der Waals surface area contributed by atoms with Gasteiger partial charge < -0.3 is 9.67 Å². The molecular weight excluding hydrogens is 202 g/mol. The van der Waals surface area contributed by atoms with E-state index in [1.54, 1.807) is 0 Å². The van der Waals surface area contributed by atoms with Crippen LogP contribution < -0.4 is 0 Å². The van der Waals surface area contributed by atoms with Gasteiger partial charge in [-0.2, -0.15) is 0 Å².